The third-order valence-electron chi connectivity index (χ3n) is 3.58. The minimum atomic E-state index is 0.674. The van der Waals surface area contributed by atoms with E-state index in [9.17, 15) is 0 Å². The molecule has 1 N–H and O–H groups in total. The summed E-state index contributed by atoms with van der Waals surface area (Å²) in [6, 6.07) is 8.50. The molecule has 0 saturated carbocycles. The molecule has 19 heavy (non-hydrogen) atoms. The van der Waals surface area contributed by atoms with Gasteiger partial charge in [-0.05, 0) is 36.8 Å². The van der Waals surface area contributed by atoms with Crippen molar-refractivity contribution < 1.29 is 9.47 Å². The fraction of sp³-hybridized carbons (Fsp3) is 0.625. The van der Waals surface area contributed by atoms with Gasteiger partial charge in [0.2, 0.25) is 0 Å². The largest absolute Gasteiger partial charge is 0.381 e. The van der Waals surface area contributed by atoms with Crippen LogP contribution in [0, 0.1) is 5.92 Å². The summed E-state index contributed by atoms with van der Waals surface area (Å²) in [7, 11) is 0. The van der Waals surface area contributed by atoms with E-state index in [4.69, 9.17) is 9.47 Å². The van der Waals surface area contributed by atoms with Crippen molar-refractivity contribution in [1.29, 1.82) is 0 Å². The average Bonchev–Trinajstić information content (AvgIpc) is 2.47. The first-order valence-corrected chi connectivity index (χ1v) is 7.33. The molecule has 0 aromatic heterocycles. The first kappa shape index (κ1) is 14.5. The standard InChI is InChI=1S/C16H25NO2/c1-2-18-13-16-8-4-3-7-15(16)11-17-10-14-6-5-9-19-12-14/h3-4,7-8,14,17H,2,5-6,9-13H2,1H3. The Morgan fingerprint density at radius 3 is 2.89 bits per heavy atom. The van der Waals surface area contributed by atoms with Gasteiger partial charge >= 0.3 is 0 Å². The second-order valence-electron chi connectivity index (χ2n) is 5.12. The fourth-order valence-corrected chi connectivity index (χ4v) is 2.46. The number of hydrogen-bond donors (Lipinski definition) is 1. The summed E-state index contributed by atoms with van der Waals surface area (Å²) in [5.74, 6) is 0.674. The van der Waals surface area contributed by atoms with Gasteiger partial charge in [0.15, 0.2) is 0 Å². The summed E-state index contributed by atoms with van der Waals surface area (Å²) in [5, 5.41) is 3.55. The van der Waals surface area contributed by atoms with Crippen LogP contribution in [0.1, 0.15) is 30.9 Å². The first-order valence-electron chi connectivity index (χ1n) is 7.33. The van der Waals surface area contributed by atoms with E-state index in [2.05, 4.69) is 29.6 Å². The number of rotatable bonds is 7. The summed E-state index contributed by atoms with van der Waals surface area (Å²) in [4.78, 5) is 0. The number of benzene rings is 1. The topological polar surface area (TPSA) is 30.5 Å². The maximum Gasteiger partial charge on any atom is 0.0719 e. The van der Waals surface area contributed by atoms with Gasteiger partial charge in [-0.3, -0.25) is 0 Å². The van der Waals surface area contributed by atoms with Crippen LogP contribution in [0.2, 0.25) is 0 Å². The van der Waals surface area contributed by atoms with Crippen LogP contribution in [-0.2, 0) is 22.6 Å². The molecule has 1 aromatic carbocycles. The molecule has 2 rings (SSSR count). The third-order valence-corrected chi connectivity index (χ3v) is 3.58. The highest BCUT2D eigenvalue weighted by atomic mass is 16.5. The Kier molecular flexibility index (Phi) is 6.34. The van der Waals surface area contributed by atoms with Crippen molar-refractivity contribution in [3.05, 3.63) is 35.4 Å². The summed E-state index contributed by atoms with van der Waals surface area (Å²) >= 11 is 0. The van der Waals surface area contributed by atoms with Crippen LogP contribution in [0.5, 0.6) is 0 Å². The Balaban J connectivity index is 1.77. The highest BCUT2D eigenvalue weighted by Crippen LogP contribution is 2.13. The number of nitrogens with one attached hydrogen (secondary N) is 1. The molecule has 1 heterocycles. The van der Waals surface area contributed by atoms with Crippen molar-refractivity contribution in [2.75, 3.05) is 26.4 Å². The SMILES string of the molecule is CCOCc1ccccc1CNCC1CCCOC1. The Morgan fingerprint density at radius 1 is 1.32 bits per heavy atom. The molecule has 0 amide bonds. The predicted octanol–water partition coefficient (Wildman–Crippen LogP) is 2.74. The second-order valence-corrected chi connectivity index (χ2v) is 5.12. The maximum absolute atomic E-state index is 5.51. The first-order chi connectivity index (χ1) is 9.40. The molecule has 1 aliphatic rings. The van der Waals surface area contributed by atoms with Crippen molar-refractivity contribution in [1.82, 2.24) is 5.32 Å². The fourth-order valence-electron chi connectivity index (χ4n) is 2.46. The zero-order valence-corrected chi connectivity index (χ0v) is 11.9. The van der Waals surface area contributed by atoms with Gasteiger partial charge in [0, 0.05) is 26.3 Å². The van der Waals surface area contributed by atoms with Gasteiger partial charge in [-0.2, -0.15) is 0 Å². The smallest absolute Gasteiger partial charge is 0.0719 e. The Labute approximate surface area is 116 Å². The maximum atomic E-state index is 5.51. The Bertz CT molecular complexity index is 362. The molecule has 3 heteroatoms. The lowest BCUT2D eigenvalue weighted by atomic mass is 10.0. The summed E-state index contributed by atoms with van der Waals surface area (Å²) in [6.07, 6.45) is 2.49. The van der Waals surface area contributed by atoms with Crippen LogP contribution < -0.4 is 5.32 Å². The van der Waals surface area contributed by atoms with E-state index in [1.807, 2.05) is 6.92 Å². The van der Waals surface area contributed by atoms with Crippen LogP contribution in [0.4, 0.5) is 0 Å². The van der Waals surface area contributed by atoms with Crippen molar-refractivity contribution >= 4 is 0 Å². The summed E-state index contributed by atoms with van der Waals surface area (Å²) in [6.45, 7) is 7.32. The van der Waals surface area contributed by atoms with Crippen molar-refractivity contribution in [2.24, 2.45) is 5.92 Å². The predicted molar refractivity (Wildman–Crippen MR) is 77.0 cm³/mol. The number of ether oxygens (including phenoxy) is 2. The molecule has 1 fully saturated rings. The lowest BCUT2D eigenvalue weighted by Gasteiger charge is -2.22. The van der Waals surface area contributed by atoms with Crippen LogP contribution in [0.3, 0.4) is 0 Å². The highest BCUT2D eigenvalue weighted by molar-refractivity contribution is 5.26. The molecule has 1 saturated heterocycles. The van der Waals surface area contributed by atoms with E-state index in [0.29, 0.717) is 12.5 Å². The molecule has 0 aliphatic carbocycles. The lowest BCUT2D eigenvalue weighted by molar-refractivity contribution is 0.0547. The molecule has 0 bridgehead atoms. The van der Waals surface area contributed by atoms with Gasteiger partial charge in [0.25, 0.3) is 0 Å². The lowest BCUT2D eigenvalue weighted by Crippen LogP contribution is -2.29. The Morgan fingerprint density at radius 2 is 2.16 bits per heavy atom. The Hall–Kier alpha value is -0.900. The highest BCUT2D eigenvalue weighted by Gasteiger charge is 2.13. The van der Waals surface area contributed by atoms with Crippen LogP contribution in [0.15, 0.2) is 24.3 Å². The molecule has 1 atom stereocenters. The van der Waals surface area contributed by atoms with E-state index in [-0.39, 0.29) is 0 Å². The summed E-state index contributed by atoms with van der Waals surface area (Å²) < 4.78 is 11.0. The van der Waals surface area contributed by atoms with E-state index < -0.39 is 0 Å². The van der Waals surface area contributed by atoms with Crippen molar-refractivity contribution in [3.8, 4) is 0 Å². The molecule has 3 nitrogen and oxygen atoms in total. The quantitative estimate of drug-likeness (QED) is 0.820. The van der Waals surface area contributed by atoms with E-state index in [1.54, 1.807) is 0 Å². The molecule has 106 valence electrons. The molecule has 0 spiro atoms. The molecule has 1 aromatic rings. The van der Waals surface area contributed by atoms with Gasteiger partial charge in [-0.25, -0.2) is 0 Å². The minimum absolute atomic E-state index is 0.674. The molecular formula is C16H25NO2. The van der Waals surface area contributed by atoms with E-state index >= 15 is 0 Å². The molecule has 1 unspecified atom stereocenters. The monoisotopic (exact) mass is 263 g/mol. The average molecular weight is 263 g/mol. The van der Waals surface area contributed by atoms with Gasteiger partial charge in [0.1, 0.15) is 0 Å². The van der Waals surface area contributed by atoms with Gasteiger partial charge in [0.05, 0.1) is 13.2 Å². The van der Waals surface area contributed by atoms with Crippen LogP contribution in [-0.4, -0.2) is 26.4 Å². The van der Waals surface area contributed by atoms with Crippen LogP contribution >= 0.6 is 0 Å². The summed E-state index contributed by atoms with van der Waals surface area (Å²) in [5.41, 5.74) is 2.63. The second kappa shape index (κ2) is 8.31. The van der Waals surface area contributed by atoms with Crippen molar-refractivity contribution in [3.63, 3.8) is 0 Å². The number of hydrogen-bond acceptors (Lipinski definition) is 3. The third kappa shape index (κ3) is 4.94. The minimum Gasteiger partial charge on any atom is -0.381 e. The molecule has 1 aliphatic heterocycles. The van der Waals surface area contributed by atoms with Gasteiger partial charge < -0.3 is 14.8 Å². The zero-order chi connectivity index (χ0) is 13.3. The zero-order valence-electron chi connectivity index (χ0n) is 11.9. The van der Waals surface area contributed by atoms with Gasteiger partial charge in [-0.15, -0.1) is 0 Å². The van der Waals surface area contributed by atoms with E-state index in [1.165, 1.54) is 24.0 Å². The van der Waals surface area contributed by atoms with E-state index in [0.717, 1.165) is 32.9 Å². The molecule has 0 radical (unpaired) electrons. The molecular weight excluding hydrogens is 238 g/mol. The van der Waals surface area contributed by atoms with Gasteiger partial charge in [-0.1, -0.05) is 24.3 Å². The normalized spacial score (nSPS) is 19.5. The van der Waals surface area contributed by atoms with Crippen molar-refractivity contribution in [2.45, 2.75) is 32.9 Å². The van der Waals surface area contributed by atoms with Crippen LogP contribution in [0.25, 0.3) is 0 Å².